The Morgan fingerprint density at radius 3 is 1.62 bits per heavy atom. The number of hydrogen-bond donors (Lipinski definition) is 0. The van der Waals surface area contributed by atoms with Crippen molar-refractivity contribution in [2.45, 2.75) is 117 Å². The van der Waals surface area contributed by atoms with Crippen LogP contribution >= 0.6 is 0 Å². The summed E-state index contributed by atoms with van der Waals surface area (Å²) in [4.78, 5) is 35.8. The number of carbonyl (C=O) groups excluding carboxylic acids is 3. The van der Waals surface area contributed by atoms with Gasteiger partial charge < -0.3 is 0 Å². The molecule has 0 aromatic rings. The van der Waals surface area contributed by atoms with Crippen molar-refractivity contribution in [1.29, 1.82) is 0 Å². The summed E-state index contributed by atoms with van der Waals surface area (Å²) in [6.45, 7) is 3.54. The third kappa shape index (κ3) is 8.95. The molecule has 1 rings (SSSR count). The first kappa shape index (κ1) is 22.9. The average Bonchev–Trinajstić information content (AvgIpc) is 2.89. The van der Waals surface area contributed by atoms with Crippen LogP contribution < -0.4 is 0 Å². The van der Waals surface area contributed by atoms with Gasteiger partial charge >= 0.3 is 0 Å². The maximum absolute atomic E-state index is 12.0. The second kappa shape index (κ2) is 13.9. The molecule has 3 amide bonds. The summed E-state index contributed by atoms with van der Waals surface area (Å²) in [5.41, 5.74) is 0. The Morgan fingerprint density at radius 1 is 0.808 bits per heavy atom. The third-order valence-corrected chi connectivity index (χ3v) is 5.46. The first-order valence-corrected chi connectivity index (χ1v) is 10.9. The highest BCUT2D eigenvalue weighted by atomic mass is 16.2. The Labute approximate surface area is 160 Å². The van der Waals surface area contributed by atoms with Gasteiger partial charge in [0.1, 0.15) is 0 Å². The number of rotatable bonds is 15. The van der Waals surface area contributed by atoms with Crippen molar-refractivity contribution in [2.75, 3.05) is 0 Å². The van der Waals surface area contributed by atoms with Gasteiger partial charge in [-0.2, -0.15) is 0 Å². The molecule has 0 saturated carbocycles. The summed E-state index contributed by atoms with van der Waals surface area (Å²) in [6, 6.07) is 0. The Balaban J connectivity index is 1.89. The molecule has 0 aliphatic carbocycles. The zero-order valence-electron chi connectivity index (χ0n) is 17.1. The maximum Gasteiger partial charge on any atom is 0.239 e. The Kier molecular flexibility index (Phi) is 12.3. The van der Waals surface area contributed by atoms with Crippen molar-refractivity contribution in [3.63, 3.8) is 0 Å². The van der Waals surface area contributed by atoms with Crippen LogP contribution in [-0.2, 0) is 14.4 Å². The van der Waals surface area contributed by atoms with E-state index in [4.69, 9.17) is 0 Å². The molecule has 4 nitrogen and oxygen atoms in total. The van der Waals surface area contributed by atoms with Gasteiger partial charge in [-0.3, -0.25) is 14.4 Å². The molecule has 1 aliphatic heterocycles. The summed E-state index contributed by atoms with van der Waals surface area (Å²) >= 11 is 0. The van der Waals surface area contributed by atoms with Gasteiger partial charge in [-0.1, -0.05) is 96.8 Å². The van der Waals surface area contributed by atoms with E-state index >= 15 is 0 Å². The summed E-state index contributed by atoms with van der Waals surface area (Å²) in [6.07, 6.45) is 19.3. The molecule has 26 heavy (non-hydrogen) atoms. The fourth-order valence-electron chi connectivity index (χ4n) is 3.84. The highest BCUT2D eigenvalue weighted by molar-refractivity contribution is 6.15. The van der Waals surface area contributed by atoms with E-state index in [2.05, 4.69) is 6.92 Å². The van der Waals surface area contributed by atoms with Crippen molar-refractivity contribution in [3.8, 4) is 0 Å². The van der Waals surface area contributed by atoms with Gasteiger partial charge in [-0.05, 0) is 6.42 Å². The van der Waals surface area contributed by atoms with Crippen molar-refractivity contribution in [2.24, 2.45) is 5.92 Å². The average molecular weight is 366 g/mol. The molecule has 0 bridgehead atoms. The predicted octanol–water partition coefficient (Wildman–Crippen LogP) is 5.78. The molecule has 0 N–H and O–H groups in total. The summed E-state index contributed by atoms with van der Waals surface area (Å²) in [5, 5.41) is 0. The lowest BCUT2D eigenvalue weighted by molar-refractivity contribution is -0.148. The lowest BCUT2D eigenvalue weighted by Crippen LogP contribution is -2.34. The van der Waals surface area contributed by atoms with E-state index in [0.29, 0.717) is 0 Å². The molecule has 1 atom stereocenters. The molecule has 1 heterocycles. The zero-order valence-corrected chi connectivity index (χ0v) is 17.1. The zero-order chi connectivity index (χ0) is 19.2. The highest BCUT2D eigenvalue weighted by Crippen LogP contribution is 2.25. The number of amides is 3. The van der Waals surface area contributed by atoms with E-state index in [1.807, 2.05) is 0 Å². The van der Waals surface area contributed by atoms with Crippen LogP contribution in [0.5, 0.6) is 0 Å². The number of carbonyl (C=O) groups is 3. The minimum absolute atomic E-state index is 0.219. The lowest BCUT2D eigenvalue weighted by Gasteiger charge is -2.10. The van der Waals surface area contributed by atoms with Crippen molar-refractivity contribution in [1.82, 2.24) is 4.90 Å². The van der Waals surface area contributed by atoms with Gasteiger partial charge in [0.15, 0.2) is 0 Å². The van der Waals surface area contributed by atoms with Crippen LogP contribution in [0, 0.1) is 5.92 Å². The van der Waals surface area contributed by atoms with Gasteiger partial charge in [0.2, 0.25) is 17.7 Å². The summed E-state index contributed by atoms with van der Waals surface area (Å²) in [5.74, 6) is -1.30. The SMILES string of the molecule is CCCCCCCCCCCCCCCCC1CC(=O)N(C(C)=O)C1=O. The molecule has 1 saturated heterocycles. The van der Waals surface area contributed by atoms with Gasteiger partial charge in [0, 0.05) is 19.3 Å². The van der Waals surface area contributed by atoms with Gasteiger partial charge in [-0.25, -0.2) is 4.90 Å². The standard InChI is InChI=1S/C22H39NO3/c1-3-4-5-6-7-8-9-10-11-12-13-14-15-16-17-20-18-21(25)23(19(2)24)22(20)26/h20H,3-18H2,1-2H3. The van der Waals surface area contributed by atoms with E-state index in [9.17, 15) is 14.4 Å². The second-order valence-electron chi connectivity index (χ2n) is 7.87. The normalized spacial score (nSPS) is 17.3. The Hall–Kier alpha value is -1.19. The number of nitrogens with zero attached hydrogens (tertiary/aromatic N) is 1. The van der Waals surface area contributed by atoms with E-state index in [0.717, 1.165) is 24.2 Å². The number of likely N-dealkylation sites (tertiary alicyclic amines) is 1. The van der Waals surface area contributed by atoms with E-state index in [-0.39, 0.29) is 24.2 Å². The molecular weight excluding hydrogens is 326 g/mol. The topological polar surface area (TPSA) is 54.5 Å². The van der Waals surface area contributed by atoms with E-state index < -0.39 is 5.91 Å². The fraction of sp³-hybridized carbons (Fsp3) is 0.864. The Morgan fingerprint density at radius 2 is 1.23 bits per heavy atom. The van der Waals surface area contributed by atoms with Gasteiger partial charge in [0.25, 0.3) is 0 Å². The van der Waals surface area contributed by atoms with Crippen molar-refractivity contribution >= 4 is 17.7 Å². The van der Waals surface area contributed by atoms with Crippen LogP contribution in [0.4, 0.5) is 0 Å². The van der Waals surface area contributed by atoms with Crippen molar-refractivity contribution in [3.05, 3.63) is 0 Å². The van der Waals surface area contributed by atoms with Crippen molar-refractivity contribution < 1.29 is 14.4 Å². The van der Waals surface area contributed by atoms with Crippen LogP contribution in [0.3, 0.4) is 0 Å². The highest BCUT2D eigenvalue weighted by Gasteiger charge is 2.40. The minimum Gasteiger partial charge on any atom is -0.274 e. The van der Waals surface area contributed by atoms with Crippen LogP contribution in [0.15, 0.2) is 0 Å². The fourth-order valence-corrected chi connectivity index (χ4v) is 3.84. The number of hydrogen-bond acceptors (Lipinski definition) is 3. The van der Waals surface area contributed by atoms with Crippen LogP contribution in [-0.4, -0.2) is 22.6 Å². The largest absolute Gasteiger partial charge is 0.274 e. The molecule has 0 spiro atoms. The molecular formula is C22H39NO3. The molecule has 1 unspecified atom stereocenters. The summed E-state index contributed by atoms with van der Waals surface area (Å²) < 4.78 is 0. The molecule has 4 heteroatoms. The molecule has 1 aliphatic rings. The lowest BCUT2D eigenvalue weighted by atomic mass is 9.98. The monoisotopic (exact) mass is 365 g/mol. The molecule has 0 aromatic carbocycles. The molecule has 150 valence electrons. The Bertz CT molecular complexity index is 433. The summed E-state index contributed by atoms with van der Waals surface area (Å²) in [7, 11) is 0. The minimum atomic E-state index is -0.441. The molecule has 1 fully saturated rings. The third-order valence-electron chi connectivity index (χ3n) is 5.46. The first-order chi connectivity index (χ1) is 12.6. The predicted molar refractivity (Wildman–Crippen MR) is 106 cm³/mol. The van der Waals surface area contributed by atoms with Crippen LogP contribution in [0.25, 0.3) is 0 Å². The number of imide groups is 3. The quantitative estimate of drug-likeness (QED) is 0.273. The van der Waals surface area contributed by atoms with E-state index in [1.165, 1.54) is 84.0 Å². The molecule has 0 radical (unpaired) electrons. The first-order valence-electron chi connectivity index (χ1n) is 10.9. The van der Waals surface area contributed by atoms with Gasteiger partial charge in [-0.15, -0.1) is 0 Å². The van der Waals surface area contributed by atoms with Crippen LogP contribution in [0.1, 0.15) is 117 Å². The van der Waals surface area contributed by atoms with E-state index in [1.54, 1.807) is 0 Å². The number of unbranched alkanes of at least 4 members (excludes halogenated alkanes) is 13. The maximum atomic E-state index is 12.0. The second-order valence-corrected chi connectivity index (χ2v) is 7.87. The van der Waals surface area contributed by atoms with Crippen LogP contribution in [0.2, 0.25) is 0 Å². The van der Waals surface area contributed by atoms with Gasteiger partial charge in [0.05, 0.1) is 0 Å². The molecule has 0 aromatic heterocycles. The smallest absolute Gasteiger partial charge is 0.239 e.